The second-order valence-corrected chi connectivity index (χ2v) is 6.75. The number of nitrogens with zero attached hydrogens (tertiary/aromatic N) is 1. The van der Waals surface area contributed by atoms with Gasteiger partial charge in [-0.3, -0.25) is 4.98 Å². The number of pyridine rings is 1. The molecule has 1 saturated carbocycles. The summed E-state index contributed by atoms with van der Waals surface area (Å²) >= 11 is 0. The molecule has 2 aromatic carbocycles. The minimum atomic E-state index is -0.310. The summed E-state index contributed by atoms with van der Waals surface area (Å²) in [5, 5.41) is 8.15. The summed E-state index contributed by atoms with van der Waals surface area (Å²) in [6.45, 7) is 0. The van der Waals surface area contributed by atoms with E-state index in [1.54, 1.807) is 0 Å². The summed E-state index contributed by atoms with van der Waals surface area (Å²) in [6.07, 6.45) is 10.1. The van der Waals surface area contributed by atoms with Gasteiger partial charge in [0.2, 0.25) is 0 Å². The minimum absolute atomic E-state index is 0.310. The van der Waals surface area contributed by atoms with Gasteiger partial charge < -0.3 is 10.1 Å². The normalized spacial score (nSPS) is 15.4. The molecule has 0 atom stereocenters. The van der Waals surface area contributed by atoms with Crippen LogP contribution in [0.2, 0.25) is 0 Å². The minimum Gasteiger partial charge on any atom is -0.465 e. The second-order valence-electron chi connectivity index (χ2n) is 6.75. The van der Waals surface area contributed by atoms with Crippen molar-refractivity contribution in [3.63, 3.8) is 0 Å². The number of nitrogens with one attached hydrogen (secondary N) is 1. The summed E-state index contributed by atoms with van der Waals surface area (Å²) in [4.78, 5) is 16.2. The number of benzene rings is 2. The highest BCUT2D eigenvalue weighted by Crippen LogP contribution is 2.33. The number of esters is 1. The first-order valence-electron chi connectivity index (χ1n) is 8.91. The largest absolute Gasteiger partial charge is 0.465 e. The van der Waals surface area contributed by atoms with Gasteiger partial charge in [0.1, 0.15) is 0 Å². The zero-order chi connectivity index (χ0) is 17.2. The molecule has 1 aliphatic carbocycles. The van der Waals surface area contributed by atoms with Crippen molar-refractivity contribution in [1.29, 1.82) is 0 Å². The van der Waals surface area contributed by atoms with Crippen LogP contribution in [-0.4, -0.2) is 24.1 Å². The van der Waals surface area contributed by atoms with E-state index in [4.69, 9.17) is 4.74 Å². The molecule has 0 bridgehead atoms. The Morgan fingerprint density at radius 3 is 2.72 bits per heavy atom. The van der Waals surface area contributed by atoms with Gasteiger partial charge in [-0.25, -0.2) is 4.79 Å². The molecule has 0 radical (unpaired) electrons. The number of ether oxygens (including phenoxy) is 1. The van der Waals surface area contributed by atoms with Crippen molar-refractivity contribution in [3.8, 4) is 0 Å². The van der Waals surface area contributed by atoms with Crippen LogP contribution in [0.5, 0.6) is 0 Å². The van der Waals surface area contributed by atoms with Gasteiger partial charge in [-0.05, 0) is 47.9 Å². The fraction of sp³-hybridized carbons (Fsp3) is 0.333. The fourth-order valence-corrected chi connectivity index (χ4v) is 3.84. The third-order valence-corrected chi connectivity index (χ3v) is 5.14. The van der Waals surface area contributed by atoms with E-state index >= 15 is 0 Å². The van der Waals surface area contributed by atoms with Crippen LogP contribution in [0.1, 0.15) is 42.5 Å². The van der Waals surface area contributed by atoms with Gasteiger partial charge in [-0.2, -0.15) is 0 Å². The number of carbonyl (C=O) groups excluding carboxylic acids is 1. The lowest BCUT2D eigenvalue weighted by molar-refractivity contribution is 0.0601. The molecule has 0 aliphatic heterocycles. The molecular formula is C21H22N2O2. The molecule has 128 valence electrons. The molecule has 1 aliphatic rings. The maximum Gasteiger partial charge on any atom is 0.337 e. The Morgan fingerprint density at radius 2 is 1.92 bits per heavy atom. The molecule has 0 spiro atoms. The third-order valence-electron chi connectivity index (χ3n) is 5.14. The number of anilines is 1. The summed E-state index contributed by atoms with van der Waals surface area (Å²) < 4.78 is 4.86. The second kappa shape index (κ2) is 6.71. The first kappa shape index (κ1) is 15.9. The average molecular weight is 334 g/mol. The third kappa shape index (κ3) is 3.04. The molecule has 1 fully saturated rings. The standard InChI is InChI=1S/C21H22N2O2/c1-25-21(24)14-7-8-17-15(11-14)12-20(18-9-10-22-13-19(17)18)23-16-5-3-2-4-6-16/h7-13,16,23H,2-6H2,1H3. The molecule has 4 heteroatoms. The van der Waals surface area contributed by atoms with Gasteiger partial charge in [-0.15, -0.1) is 0 Å². The van der Waals surface area contributed by atoms with E-state index in [0.717, 1.165) is 21.8 Å². The van der Waals surface area contributed by atoms with Gasteiger partial charge in [0, 0.05) is 34.9 Å². The Kier molecular flexibility index (Phi) is 4.26. The number of aromatic nitrogens is 1. The van der Waals surface area contributed by atoms with E-state index in [2.05, 4.69) is 22.4 Å². The fourth-order valence-electron chi connectivity index (χ4n) is 3.84. The van der Waals surface area contributed by atoms with E-state index in [1.807, 2.05) is 30.6 Å². The topological polar surface area (TPSA) is 51.2 Å². The average Bonchev–Trinajstić information content (AvgIpc) is 2.68. The van der Waals surface area contributed by atoms with Crippen molar-refractivity contribution in [2.75, 3.05) is 12.4 Å². The van der Waals surface area contributed by atoms with Crippen molar-refractivity contribution in [1.82, 2.24) is 4.98 Å². The Hall–Kier alpha value is -2.62. The van der Waals surface area contributed by atoms with Crippen LogP contribution in [-0.2, 0) is 4.74 Å². The van der Waals surface area contributed by atoms with E-state index in [0.29, 0.717) is 11.6 Å². The van der Waals surface area contributed by atoms with Crippen molar-refractivity contribution in [2.24, 2.45) is 0 Å². The van der Waals surface area contributed by atoms with Gasteiger partial charge in [-0.1, -0.05) is 25.3 Å². The molecule has 0 unspecified atom stereocenters. The van der Waals surface area contributed by atoms with E-state index in [1.165, 1.54) is 44.6 Å². The number of methoxy groups -OCH3 is 1. The summed E-state index contributed by atoms with van der Waals surface area (Å²) in [7, 11) is 1.41. The number of fused-ring (bicyclic) bond motifs is 3. The van der Waals surface area contributed by atoms with Crippen LogP contribution in [0, 0.1) is 0 Å². The molecule has 0 saturated heterocycles. The van der Waals surface area contributed by atoms with Gasteiger partial charge >= 0.3 is 5.97 Å². The highest BCUT2D eigenvalue weighted by molar-refractivity contribution is 6.13. The van der Waals surface area contributed by atoms with Gasteiger partial charge in [0.25, 0.3) is 0 Å². The number of hydrogen-bond donors (Lipinski definition) is 1. The van der Waals surface area contributed by atoms with Gasteiger partial charge in [0.05, 0.1) is 12.7 Å². The molecule has 3 aromatic rings. The Balaban J connectivity index is 1.85. The molecule has 25 heavy (non-hydrogen) atoms. The first-order chi connectivity index (χ1) is 12.3. The lowest BCUT2D eigenvalue weighted by atomic mass is 9.94. The zero-order valence-corrected chi connectivity index (χ0v) is 14.4. The SMILES string of the molecule is COC(=O)c1ccc2c(c1)cc(NC1CCCCC1)c1ccncc12. The van der Waals surface area contributed by atoms with Crippen LogP contribution in [0.25, 0.3) is 21.5 Å². The first-order valence-corrected chi connectivity index (χ1v) is 8.91. The van der Waals surface area contributed by atoms with Crippen molar-refractivity contribution < 1.29 is 9.53 Å². The summed E-state index contributed by atoms with van der Waals surface area (Å²) in [6, 6.07) is 10.4. The Labute approximate surface area is 147 Å². The number of hydrogen-bond acceptors (Lipinski definition) is 4. The maximum absolute atomic E-state index is 11.9. The highest BCUT2D eigenvalue weighted by atomic mass is 16.5. The highest BCUT2D eigenvalue weighted by Gasteiger charge is 2.16. The van der Waals surface area contributed by atoms with Crippen LogP contribution >= 0.6 is 0 Å². The Bertz CT molecular complexity index is 930. The molecule has 0 amide bonds. The van der Waals surface area contributed by atoms with E-state index < -0.39 is 0 Å². The van der Waals surface area contributed by atoms with E-state index in [-0.39, 0.29) is 5.97 Å². The number of rotatable bonds is 3. The predicted molar refractivity (Wildman–Crippen MR) is 101 cm³/mol. The Morgan fingerprint density at radius 1 is 1.08 bits per heavy atom. The van der Waals surface area contributed by atoms with Crippen molar-refractivity contribution in [2.45, 2.75) is 38.1 Å². The molecule has 1 heterocycles. The van der Waals surface area contributed by atoms with E-state index in [9.17, 15) is 4.79 Å². The lowest BCUT2D eigenvalue weighted by Crippen LogP contribution is -2.22. The molecule has 1 aromatic heterocycles. The van der Waals surface area contributed by atoms with Crippen LogP contribution in [0.3, 0.4) is 0 Å². The monoisotopic (exact) mass is 334 g/mol. The smallest absolute Gasteiger partial charge is 0.337 e. The van der Waals surface area contributed by atoms with Crippen molar-refractivity contribution >= 4 is 33.2 Å². The molecular weight excluding hydrogens is 312 g/mol. The van der Waals surface area contributed by atoms with Crippen LogP contribution < -0.4 is 5.32 Å². The zero-order valence-electron chi connectivity index (χ0n) is 14.4. The summed E-state index contributed by atoms with van der Waals surface area (Å²) in [5.74, 6) is -0.310. The lowest BCUT2D eigenvalue weighted by Gasteiger charge is -2.25. The molecule has 4 rings (SSSR count). The number of carbonyl (C=O) groups is 1. The van der Waals surface area contributed by atoms with Crippen LogP contribution in [0.4, 0.5) is 5.69 Å². The van der Waals surface area contributed by atoms with Crippen molar-refractivity contribution in [3.05, 3.63) is 48.3 Å². The van der Waals surface area contributed by atoms with Gasteiger partial charge in [0.15, 0.2) is 0 Å². The summed E-state index contributed by atoms with van der Waals surface area (Å²) in [5.41, 5.74) is 1.70. The molecule has 4 nitrogen and oxygen atoms in total. The predicted octanol–water partition coefficient (Wildman–Crippen LogP) is 4.92. The molecule has 1 N–H and O–H groups in total. The van der Waals surface area contributed by atoms with Crippen LogP contribution in [0.15, 0.2) is 42.7 Å². The quantitative estimate of drug-likeness (QED) is 0.546. The maximum atomic E-state index is 11.9.